The van der Waals surface area contributed by atoms with Crippen LogP contribution in [0.5, 0.6) is 11.5 Å². The quantitative estimate of drug-likeness (QED) is 0.383. The Morgan fingerprint density at radius 1 is 1.21 bits per heavy atom. The van der Waals surface area contributed by atoms with E-state index < -0.39 is 0 Å². The van der Waals surface area contributed by atoms with Crippen molar-refractivity contribution < 1.29 is 19.4 Å². The normalized spacial score (nSPS) is 11.6. The smallest absolute Gasteiger partial charge is 0.251 e. The van der Waals surface area contributed by atoms with Gasteiger partial charge in [0, 0.05) is 35.3 Å². The number of amides is 1. The lowest BCUT2D eigenvalue weighted by atomic mass is 10.1. The third-order valence-corrected chi connectivity index (χ3v) is 4.89. The highest BCUT2D eigenvalue weighted by Crippen LogP contribution is 2.44. The maximum atomic E-state index is 12.1. The van der Waals surface area contributed by atoms with Crippen LogP contribution < -0.4 is 20.1 Å². The van der Waals surface area contributed by atoms with Crippen molar-refractivity contribution in [2.45, 2.75) is 6.42 Å². The molecule has 0 fully saturated rings. The largest absolute Gasteiger partial charge is 0.493 e. The van der Waals surface area contributed by atoms with Crippen LogP contribution in [-0.2, 0) is 6.42 Å². The molecular formula is C21H22N4O4. The number of aromatic amines is 1. The number of aliphatic hydroxyl groups excluding tert-OH is 1. The van der Waals surface area contributed by atoms with E-state index in [0.29, 0.717) is 23.5 Å². The van der Waals surface area contributed by atoms with E-state index in [9.17, 15) is 4.79 Å². The van der Waals surface area contributed by atoms with Gasteiger partial charge in [-0.2, -0.15) is 5.10 Å². The van der Waals surface area contributed by atoms with Crippen molar-refractivity contribution in [3.63, 3.8) is 0 Å². The fourth-order valence-electron chi connectivity index (χ4n) is 3.50. The number of hydrogen-bond donors (Lipinski definition) is 4. The van der Waals surface area contributed by atoms with Crippen molar-refractivity contribution in [3.05, 3.63) is 53.1 Å². The first-order valence-electron chi connectivity index (χ1n) is 9.23. The molecule has 8 nitrogen and oxygen atoms in total. The van der Waals surface area contributed by atoms with Gasteiger partial charge in [-0.15, -0.1) is 0 Å². The van der Waals surface area contributed by atoms with Crippen molar-refractivity contribution in [3.8, 4) is 22.8 Å². The number of nitrogens with one attached hydrogen (secondary N) is 3. The molecule has 0 atom stereocenters. The van der Waals surface area contributed by atoms with E-state index in [1.807, 2.05) is 18.2 Å². The first-order chi connectivity index (χ1) is 14.1. The SMILES string of the molecule is COc1cc2c(cc1OC)-c1n[nH]c(Nc3cccc(C(=O)NCCO)c3)c1C2. The number of anilines is 2. The number of aliphatic hydroxyl groups is 1. The number of carbonyl (C=O) groups is 1. The van der Waals surface area contributed by atoms with Crippen molar-refractivity contribution in [1.82, 2.24) is 15.5 Å². The maximum absolute atomic E-state index is 12.1. The zero-order chi connectivity index (χ0) is 20.4. The van der Waals surface area contributed by atoms with Gasteiger partial charge in [0.2, 0.25) is 0 Å². The van der Waals surface area contributed by atoms with Crippen molar-refractivity contribution in [2.24, 2.45) is 0 Å². The van der Waals surface area contributed by atoms with Crippen LogP contribution in [0.2, 0.25) is 0 Å². The zero-order valence-electron chi connectivity index (χ0n) is 16.2. The Balaban J connectivity index is 1.59. The minimum absolute atomic E-state index is 0.0971. The second-order valence-electron chi connectivity index (χ2n) is 6.65. The van der Waals surface area contributed by atoms with Crippen LogP contribution in [0, 0.1) is 0 Å². The number of carbonyl (C=O) groups excluding carboxylic acids is 1. The van der Waals surface area contributed by atoms with Gasteiger partial charge < -0.3 is 25.2 Å². The summed E-state index contributed by atoms with van der Waals surface area (Å²) < 4.78 is 10.8. The van der Waals surface area contributed by atoms with Gasteiger partial charge in [0.05, 0.1) is 26.5 Å². The van der Waals surface area contributed by atoms with Gasteiger partial charge in [-0.1, -0.05) is 6.07 Å². The molecule has 0 bridgehead atoms. The van der Waals surface area contributed by atoms with Crippen molar-refractivity contribution in [2.75, 3.05) is 32.7 Å². The summed E-state index contributed by atoms with van der Waals surface area (Å²) in [5.41, 5.74) is 5.33. The minimum atomic E-state index is -0.232. The Bertz CT molecular complexity index is 1060. The molecule has 4 N–H and O–H groups in total. The lowest BCUT2D eigenvalue weighted by Crippen LogP contribution is -2.26. The molecule has 0 saturated heterocycles. The topological polar surface area (TPSA) is 109 Å². The minimum Gasteiger partial charge on any atom is -0.493 e. The predicted octanol–water partition coefficient (Wildman–Crippen LogP) is 2.46. The summed E-state index contributed by atoms with van der Waals surface area (Å²) in [6.07, 6.45) is 0.709. The van der Waals surface area contributed by atoms with Crippen molar-refractivity contribution >= 4 is 17.4 Å². The second kappa shape index (κ2) is 7.84. The summed E-state index contributed by atoms with van der Waals surface area (Å²) in [5.74, 6) is 1.90. The van der Waals surface area contributed by atoms with Crippen LogP contribution in [0.1, 0.15) is 21.5 Å². The molecule has 1 aliphatic carbocycles. The highest BCUT2D eigenvalue weighted by molar-refractivity contribution is 5.95. The molecule has 3 aromatic rings. The zero-order valence-corrected chi connectivity index (χ0v) is 16.2. The predicted molar refractivity (Wildman–Crippen MR) is 109 cm³/mol. The fraction of sp³-hybridized carbons (Fsp3) is 0.238. The van der Waals surface area contributed by atoms with Gasteiger partial charge in [0.25, 0.3) is 5.91 Å². The number of rotatable bonds is 7. The first kappa shape index (κ1) is 18.8. The summed E-state index contributed by atoms with van der Waals surface area (Å²) in [5, 5.41) is 22.4. The Morgan fingerprint density at radius 2 is 2.00 bits per heavy atom. The summed E-state index contributed by atoms with van der Waals surface area (Å²) in [6, 6.07) is 11.1. The number of methoxy groups -OCH3 is 2. The van der Waals surface area contributed by atoms with Gasteiger partial charge in [0.15, 0.2) is 11.5 Å². The number of benzene rings is 2. The molecule has 1 aliphatic rings. The monoisotopic (exact) mass is 394 g/mol. The molecule has 4 rings (SSSR count). The van der Waals surface area contributed by atoms with Crippen LogP contribution in [0.15, 0.2) is 36.4 Å². The van der Waals surface area contributed by atoms with Crippen LogP contribution in [0.25, 0.3) is 11.3 Å². The Morgan fingerprint density at radius 3 is 2.76 bits per heavy atom. The highest BCUT2D eigenvalue weighted by atomic mass is 16.5. The molecule has 29 heavy (non-hydrogen) atoms. The molecule has 8 heteroatoms. The van der Waals surface area contributed by atoms with Crippen LogP contribution in [0.3, 0.4) is 0 Å². The standard InChI is InChI=1S/C21H22N4O4/c1-28-17-10-13-9-16-19(15(13)11-18(17)29-2)24-25-20(16)23-14-5-3-4-12(8-14)21(27)22-6-7-26/h3-5,8,10-11,26H,6-7,9H2,1-2H3,(H,22,27)(H2,23,24,25). The average Bonchev–Trinajstić information content (AvgIpc) is 3.30. The molecule has 0 spiro atoms. The molecule has 1 heterocycles. The molecule has 1 aromatic heterocycles. The van der Waals surface area contributed by atoms with E-state index in [-0.39, 0.29) is 19.1 Å². The number of fused-ring (bicyclic) bond motifs is 3. The van der Waals surface area contributed by atoms with E-state index >= 15 is 0 Å². The number of aromatic nitrogens is 2. The van der Waals surface area contributed by atoms with E-state index in [4.69, 9.17) is 14.6 Å². The van der Waals surface area contributed by atoms with Gasteiger partial charge in [0.1, 0.15) is 5.82 Å². The van der Waals surface area contributed by atoms with Crippen LogP contribution >= 0.6 is 0 Å². The van der Waals surface area contributed by atoms with E-state index in [2.05, 4.69) is 20.8 Å². The Kier molecular flexibility index (Phi) is 5.09. The number of H-pyrrole nitrogens is 1. The van der Waals surface area contributed by atoms with Gasteiger partial charge in [-0.25, -0.2) is 0 Å². The summed E-state index contributed by atoms with van der Waals surface area (Å²) >= 11 is 0. The fourth-order valence-corrected chi connectivity index (χ4v) is 3.50. The van der Waals surface area contributed by atoms with Crippen LogP contribution in [-0.4, -0.2) is 48.6 Å². The first-order valence-corrected chi connectivity index (χ1v) is 9.23. The Labute approximate surface area is 167 Å². The van der Waals surface area contributed by atoms with Gasteiger partial charge >= 0.3 is 0 Å². The third-order valence-electron chi connectivity index (χ3n) is 4.89. The van der Waals surface area contributed by atoms with Crippen molar-refractivity contribution in [1.29, 1.82) is 0 Å². The third kappa shape index (κ3) is 3.50. The second-order valence-corrected chi connectivity index (χ2v) is 6.65. The maximum Gasteiger partial charge on any atom is 0.251 e. The highest BCUT2D eigenvalue weighted by Gasteiger charge is 2.27. The molecule has 0 radical (unpaired) electrons. The average molecular weight is 394 g/mol. The molecule has 0 saturated carbocycles. The molecule has 150 valence electrons. The number of nitrogens with zero attached hydrogens (tertiary/aromatic N) is 1. The molecule has 1 amide bonds. The van der Waals surface area contributed by atoms with Gasteiger partial charge in [-0.3, -0.25) is 9.89 Å². The molecule has 0 aliphatic heterocycles. The van der Waals surface area contributed by atoms with Crippen LogP contribution in [0.4, 0.5) is 11.5 Å². The lowest BCUT2D eigenvalue weighted by molar-refractivity contribution is 0.0945. The summed E-state index contributed by atoms with van der Waals surface area (Å²) in [4.78, 5) is 12.1. The number of ether oxygens (including phenoxy) is 2. The summed E-state index contributed by atoms with van der Waals surface area (Å²) in [7, 11) is 3.23. The Hall–Kier alpha value is -3.52. The van der Waals surface area contributed by atoms with E-state index in [0.717, 1.165) is 33.9 Å². The summed E-state index contributed by atoms with van der Waals surface area (Å²) in [6.45, 7) is 0.121. The molecule has 2 aromatic carbocycles. The molecular weight excluding hydrogens is 372 g/mol. The lowest BCUT2D eigenvalue weighted by Gasteiger charge is -2.10. The number of hydrogen-bond acceptors (Lipinski definition) is 6. The van der Waals surface area contributed by atoms with E-state index in [1.165, 1.54) is 0 Å². The van der Waals surface area contributed by atoms with Gasteiger partial charge in [-0.05, 0) is 35.9 Å². The van der Waals surface area contributed by atoms with E-state index in [1.54, 1.807) is 32.4 Å². The molecule has 0 unspecified atom stereocenters.